The fraction of sp³-hybridized carbons (Fsp3) is 0.238. The highest BCUT2D eigenvalue weighted by Gasteiger charge is 2.26. The van der Waals surface area contributed by atoms with Crippen LogP contribution in [-0.4, -0.2) is 28.7 Å². The van der Waals surface area contributed by atoms with E-state index >= 15 is 0 Å². The molecule has 0 bridgehead atoms. The molecule has 7 nitrogen and oxygen atoms in total. The van der Waals surface area contributed by atoms with Crippen LogP contribution in [0.2, 0.25) is 0 Å². The van der Waals surface area contributed by atoms with E-state index in [1.54, 1.807) is 13.3 Å². The van der Waals surface area contributed by atoms with E-state index in [4.69, 9.17) is 10.5 Å². The van der Waals surface area contributed by atoms with Gasteiger partial charge in [0.2, 0.25) is 5.95 Å². The molecule has 144 valence electrons. The summed E-state index contributed by atoms with van der Waals surface area (Å²) in [5.74, 6) is 1.82. The first-order chi connectivity index (χ1) is 13.7. The van der Waals surface area contributed by atoms with Crippen LogP contribution >= 0.6 is 0 Å². The van der Waals surface area contributed by atoms with Gasteiger partial charge in [-0.05, 0) is 41.8 Å². The number of hydrogen-bond donors (Lipinski definition) is 3. The number of nitrogen functional groups attached to an aromatic ring is 1. The second kappa shape index (κ2) is 7.84. The van der Waals surface area contributed by atoms with Gasteiger partial charge in [-0.25, -0.2) is 4.98 Å². The normalized spacial score (nSPS) is 14.0. The number of nitrogens with one attached hydrogen (secondary N) is 1. The van der Waals surface area contributed by atoms with Crippen LogP contribution in [0.25, 0.3) is 0 Å². The minimum atomic E-state index is -0.767. The van der Waals surface area contributed by atoms with Crippen molar-refractivity contribution in [2.24, 2.45) is 0 Å². The number of aromatic nitrogens is 2. The highest BCUT2D eigenvalue weighted by molar-refractivity contribution is 5.69. The summed E-state index contributed by atoms with van der Waals surface area (Å²) >= 11 is 0. The smallest absolute Gasteiger partial charge is 0.221 e. The topological polar surface area (TPSA) is 96.5 Å². The van der Waals surface area contributed by atoms with Crippen LogP contribution in [-0.2, 0) is 13.0 Å². The van der Waals surface area contributed by atoms with Gasteiger partial charge in [-0.1, -0.05) is 24.3 Å². The number of fused-ring (bicyclic) bond motifs is 1. The van der Waals surface area contributed by atoms with E-state index in [-0.39, 0.29) is 5.95 Å². The van der Waals surface area contributed by atoms with Crippen molar-refractivity contribution < 1.29 is 9.84 Å². The maximum atomic E-state index is 10.8. The predicted molar refractivity (Wildman–Crippen MR) is 108 cm³/mol. The molecule has 1 atom stereocenters. The van der Waals surface area contributed by atoms with Gasteiger partial charge in [0, 0.05) is 30.5 Å². The van der Waals surface area contributed by atoms with Crippen LogP contribution in [0.4, 0.5) is 17.5 Å². The van der Waals surface area contributed by atoms with Crippen LogP contribution in [0, 0.1) is 0 Å². The number of anilines is 3. The fourth-order valence-electron chi connectivity index (χ4n) is 3.58. The first-order valence-electron chi connectivity index (χ1n) is 9.18. The van der Waals surface area contributed by atoms with E-state index in [0.29, 0.717) is 6.54 Å². The maximum Gasteiger partial charge on any atom is 0.221 e. The zero-order chi connectivity index (χ0) is 19.5. The van der Waals surface area contributed by atoms with Gasteiger partial charge in [-0.2, -0.15) is 4.98 Å². The molecule has 28 heavy (non-hydrogen) atoms. The van der Waals surface area contributed by atoms with E-state index in [0.717, 1.165) is 46.9 Å². The molecule has 0 amide bonds. The largest absolute Gasteiger partial charge is 0.497 e. The number of aliphatic hydroxyl groups excluding tert-OH is 1. The van der Waals surface area contributed by atoms with Crippen LogP contribution in [0.15, 0.2) is 54.7 Å². The van der Waals surface area contributed by atoms with Gasteiger partial charge in [-0.15, -0.1) is 0 Å². The van der Waals surface area contributed by atoms with Crippen molar-refractivity contribution in [2.75, 3.05) is 24.3 Å². The van der Waals surface area contributed by atoms with Gasteiger partial charge in [-0.3, -0.25) is 5.32 Å². The molecule has 4 N–H and O–H groups in total. The van der Waals surface area contributed by atoms with Crippen molar-refractivity contribution >= 4 is 17.5 Å². The van der Waals surface area contributed by atoms with Crippen molar-refractivity contribution in [3.05, 3.63) is 71.4 Å². The Bertz CT molecular complexity index is 979. The molecule has 4 rings (SSSR count). The lowest BCUT2D eigenvalue weighted by Gasteiger charge is -2.20. The number of ether oxygens (including phenoxy) is 1. The van der Waals surface area contributed by atoms with Crippen molar-refractivity contribution in [3.8, 4) is 5.75 Å². The number of nitrogens with zero attached hydrogens (tertiary/aromatic N) is 3. The van der Waals surface area contributed by atoms with E-state index in [2.05, 4.69) is 20.2 Å². The Morgan fingerprint density at radius 3 is 2.93 bits per heavy atom. The third-order valence-corrected chi connectivity index (χ3v) is 4.93. The summed E-state index contributed by atoms with van der Waals surface area (Å²) < 4.78 is 5.25. The van der Waals surface area contributed by atoms with Crippen molar-refractivity contribution in [3.63, 3.8) is 0 Å². The Hall–Kier alpha value is -3.16. The Labute approximate surface area is 163 Å². The zero-order valence-electron chi connectivity index (χ0n) is 15.7. The summed E-state index contributed by atoms with van der Waals surface area (Å²) in [6.45, 7) is 1.32. The average molecular weight is 377 g/mol. The molecule has 1 unspecified atom stereocenters. The molecule has 7 heteroatoms. The first-order valence-corrected chi connectivity index (χ1v) is 9.18. The lowest BCUT2D eigenvalue weighted by atomic mass is 10.0. The summed E-state index contributed by atoms with van der Waals surface area (Å²) in [5.41, 5.74) is 9.81. The average Bonchev–Trinajstić information content (AvgIpc) is 3.16. The van der Waals surface area contributed by atoms with Gasteiger partial charge < -0.3 is 20.5 Å². The molecule has 2 heterocycles. The second-order valence-corrected chi connectivity index (χ2v) is 6.65. The third-order valence-electron chi connectivity index (χ3n) is 4.93. The molecule has 0 spiro atoms. The van der Waals surface area contributed by atoms with Gasteiger partial charge in [0.05, 0.1) is 7.11 Å². The Kier molecular flexibility index (Phi) is 5.10. The Balaban J connectivity index is 1.53. The second-order valence-electron chi connectivity index (χ2n) is 6.65. The standard InChI is InChI=1S/C21H23N5O2/c1-28-15-5-2-4-14(12-15)13-24-20(27)17-6-3-7-18-16(17)9-11-26(18)19-8-10-23-21(22)25-19/h2-8,10,12,20,24,27H,9,11,13H2,1H3,(H2,22,23,25). The van der Waals surface area contributed by atoms with E-state index in [1.165, 1.54) is 0 Å². The summed E-state index contributed by atoms with van der Waals surface area (Å²) in [5, 5.41) is 14.0. The third kappa shape index (κ3) is 3.62. The summed E-state index contributed by atoms with van der Waals surface area (Å²) in [7, 11) is 1.64. The van der Waals surface area contributed by atoms with Gasteiger partial charge >= 0.3 is 0 Å². The molecular formula is C21H23N5O2. The molecule has 0 fully saturated rings. The van der Waals surface area contributed by atoms with E-state index < -0.39 is 6.23 Å². The summed E-state index contributed by atoms with van der Waals surface area (Å²) in [6.07, 6.45) is 1.72. The number of rotatable bonds is 6. The molecule has 3 aromatic rings. The molecule has 0 saturated heterocycles. The number of aliphatic hydroxyl groups is 1. The molecule has 0 radical (unpaired) electrons. The number of hydrogen-bond acceptors (Lipinski definition) is 7. The van der Waals surface area contributed by atoms with Gasteiger partial charge in [0.15, 0.2) is 0 Å². The first kappa shape index (κ1) is 18.2. The van der Waals surface area contributed by atoms with Gasteiger partial charge in [0.25, 0.3) is 0 Å². The summed E-state index contributed by atoms with van der Waals surface area (Å²) in [4.78, 5) is 10.4. The molecule has 0 aliphatic carbocycles. The molecule has 2 aromatic carbocycles. The molecule has 1 aromatic heterocycles. The van der Waals surface area contributed by atoms with E-state index in [1.807, 2.05) is 48.5 Å². The Morgan fingerprint density at radius 1 is 1.25 bits per heavy atom. The van der Waals surface area contributed by atoms with Crippen molar-refractivity contribution in [1.82, 2.24) is 15.3 Å². The number of nitrogens with two attached hydrogens (primary N) is 1. The predicted octanol–water partition coefficient (Wildman–Crippen LogP) is 2.54. The molecule has 1 aliphatic rings. The van der Waals surface area contributed by atoms with E-state index in [9.17, 15) is 5.11 Å². The number of benzene rings is 2. The number of methoxy groups -OCH3 is 1. The molecule has 0 saturated carbocycles. The highest BCUT2D eigenvalue weighted by atomic mass is 16.5. The van der Waals surface area contributed by atoms with Crippen molar-refractivity contribution in [2.45, 2.75) is 19.2 Å². The molecule has 1 aliphatic heterocycles. The van der Waals surface area contributed by atoms with Crippen LogP contribution < -0.4 is 20.7 Å². The van der Waals surface area contributed by atoms with Crippen molar-refractivity contribution in [1.29, 1.82) is 0 Å². The minimum absolute atomic E-state index is 0.252. The minimum Gasteiger partial charge on any atom is -0.497 e. The lowest BCUT2D eigenvalue weighted by molar-refractivity contribution is 0.136. The van der Waals surface area contributed by atoms with Crippen LogP contribution in [0.3, 0.4) is 0 Å². The molecular weight excluding hydrogens is 354 g/mol. The maximum absolute atomic E-state index is 10.8. The van der Waals surface area contributed by atoms with Gasteiger partial charge in [0.1, 0.15) is 17.8 Å². The highest BCUT2D eigenvalue weighted by Crippen LogP contribution is 2.37. The monoisotopic (exact) mass is 377 g/mol. The SMILES string of the molecule is COc1cccc(CNC(O)c2cccc3c2CCN3c2ccnc(N)n2)c1. The fourth-order valence-corrected chi connectivity index (χ4v) is 3.58. The Morgan fingerprint density at radius 2 is 2.11 bits per heavy atom. The van der Waals surface area contributed by atoms with Crippen LogP contribution in [0.1, 0.15) is 22.9 Å². The zero-order valence-corrected chi connectivity index (χ0v) is 15.7. The lowest BCUT2D eigenvalue weighted by Crippen LogP contribution is -2.21. The summed E-state index contributed by atoms with van der Waals surface area (Å²) in [6, 6.07) is 15.6. The van der Waals surface area contributed by atoms with Crippen LogP contribution in [0.5, 0.6) is 5.75 Å². The quantitative estimate of drug-likeness (QED) is 0.568.